The Bertz CT molecular complexity index is 1080. The van der Waals surface area contributed by atoms with E-state index in [4.69, 9.17) is 24.3 Å². The van der Waals surface area contributed by atoms with Gasteiger partial charge in [0.15, 0.2) is 0 Å². The van der Waals surface area contributed by atoms with Gasteiger partial charge in [0.1, 0.15) is 6.10 Å². The molecule has 0 bridgehead atoms. The SMILES string of the molecule is CCCCCC/C=C\C/C=C\CCCCCCCCCCOCC(COP(=O)(O)OCCN)OC(=O)CCCCCCCCCCCCC/C=C\C/C=C\CCCCCCC. The van der Waals surface area contributed by atoms with Gasteiger partial charge < -0.3 is 20.1 Å². The molecule has 0 heterocycles. The second-order valence-electron chi connectivity index (χ2n) is 17.0. The molecule has 0 saturated carbocycles. The Hall–Kier alpha value is -1.54. The number of rotatable bonds is 49. The van der Waals surface area contributed by atoms with E-state index in [9.17, 15) is 14.3 Å². The molecular formula is C52H98NO7P. The van der Waals surface area contributed by atoms with Crippen LogP contribution in [0.5, 0.6) is 0 Å². The van der Waals surface area contributed by atoms with E-state index in [-0.39, 0.29) is 32.3 Å². The third kappa shape index (κ3) is 49.3. The lowest BCUT2D eigenvalue weighted by atomic mass is 10.0. The van der Waals surface area contributed by atoms with Crippen molar-refractivity contribution in [2.75, 3.05) is 33.0 Å². The summed E-state index contributed by atoms with van der Waals surface area (Å²) in [5.41, 5.74) is 5.39. The van der Waals surface area contributed by atoms with Gasteiger partial charge in [-0.25, -0.2) is 4.57 Å². The number of unbranched alkanes of at least 4 members (excludes halogenated alkanes) is 28. The number of esters is 1. The number of carbonyl (C=O) groups is 1. The fraction of sp³-hybridized carbons (Fsp3) is 0.827. The monoisotopic (exact) mass is 880 g/mol. The highest BCUT2D eigenvalue weighted by molar-refractivity contribution is 7.47. The van der Waals surface area contributed by atoms with Crippen LogP contribution in [-0.2, 0) is 27.9 Å². The Morgan fingerprint density at radius 3 is 1.30 bits per heavy atom. The summed E-state index contributed by atoms with van der Waals surface area (Å²) in [4.78, 5) is 22.6. The molecule has 0 spiro atoms. The number of hydrogen-bond donors (Lipinski definition) is 2. The van der Waals surface area contributed by atoms with Gasteiger partial charge in [-0.05, 0) is 77.0 Å². The molecule has 0 rings (SSSR count). The second-order valence-corrected chi connectivity index (χ2v) is 18.5. The molecule has 9 heteroatoms. The summed E-state index contributed by atoms with van der Waals surface area (Å²) in [6.07, 6.45) is 59.9. The van der Waals surface area contributed by atoms with Crippen molar-refractivity contribution in [3.05, 3.63) is 48.6 Å². The van der Waals surface area contributed by atoms with Crippen molar-refractivity contribution in [1.82, 2.24) is 0 Å². The molecule has 0 fully saturated rings. The zero-order valence-corrected chi connectivity index (χ0v) is 40.8. The van der Waals surface area contributed by atoms with E-state index in [0.29, 0.717) is 13.0 Å². The lowest BCUT2D eigenvalue weighted by molar-refractivity contribution is -0.154. The van der Waals surface area contributed by atoms with Crippen molar-refractivity contribution >= 4 is 13.8 Å². The quantitative estimate of drug-likeness (QED) is 0.0269. The van der Waals surface area contributed by atoms with Gasteiger partial charge in [-0.2, -0.15) is 0 Å². The number of nitrogens with two attached hydrogens (primary N) is 1. The fourth-order valence-corrected chi connectivity index (χ4v) is 7.94. The molecule has 0 aliphatic heterocycles. The molecule has 61 heavy (non-hydrogen) atoms. The molecule has 0 radical (unpaired) electrons. The predicted molar refractivity (Wildman–Crippen MR) is 261 cm³/mol. The average Bonchev–Trinajstić information content (AvgIpc) is 3.25. The van der Waals surface area contributed by atoms with Gasteiger partial charge in [-0.3, -0.25) is 13.8 Å². The van der Waals surface area contributed by atoms with E-state index < -0.39 is 13.9 Å². The highest BCUT2D eigenvalue weighted by atomic mass is 31.2. The molecule has 2 atom stereocenters. The van der Waals surface area contributed by atoms with Gasteiger partial charge in [-0.1, -0.05) is 204 Å². The van der Waals surface area contributed by atoms with Gasteiger partial charge in [0.25, 0.3) is 0 Å². The van der Waals surface area contributed by atoms with Crippen molar-refractivity contribution in [1.29, 1.82) is 0 Å². The van der Waals surface area contributed by atoms with Crippen LogP contribution in [0.1, 0.15) is 239 Å². The Kier molecular flexibility index (Phi) is 48.2. The van der Waals surface area contributed by atoms with Crippen LogP contribution in [-0.4, -0.2) is 49.9 Å². The third-order valence-corrected chi connectivity index (χ3v) is 12.0. The second kappa shape index (κ2) is 49.5. The average molecular weight is 880 g/mol. The summed E-state index contributed by atoms with van der Waals surface area (Å²) < 4.78 is 33.6. The maximum Gasteiger partial charge on any atom is 0.472 e. The van der Waals surface area contributed by atoms with E-state index in [0.717, 1.165) is 44.9 Å². The molecule has 0 amide bonds. The van der Waals surface area contributed by atoms with Gasteiger partial charge >= 0.3 is 13.8 Å². The number of hydrogen-bond acceptors (Lipinski definition) is 7. The summed E-state index contributed by atoms with van der Waals surface area (Å²) in [5, 5.41) is 0. The minimum absolute atomic E-state index is 0.0977. The van der Waals surface area contributed by atoms with Crippen LogP contribution < -0.4 is 5.73 Å². The first-order valence-corrected chi connectivity index (χ1v) is 27.1. The predicted octanol–water partition coefficient (Wildman–Crippen LogP) is 15.9. The number of phosphoric ester groups is 1. The minimum Gasteiger partial charge on any atom is -0.457 e. The molecule has 0 aromatic carbocycles. The van der Waals surface area contributed by atoms with Crippen molar-refractivity contribution in [3.63, 3.8) is 0 Å². The van der Waals surface area contributed by atoms with Crippen LogP contribution in [0.15, 0.2) is 48.6 Å². The molecular weight excluding hydrogens is 782 g/mol. The van der Waals surface area contributed by atoms with Crippen LogP contribution in [0, 0.1) is 0 Å². The van der Waals surface area contributed by atoms with Crippen LogP contribution >= 0.6 is 7.82 Å². The summed E-state index contributed by atoms with van der Waals surface area (Å²) in [6, 6.07) is 0. The van der Waals surface area contributed by atoms with E-state index in [2.05, 4.69) is 62.5 Å². The Morgan fingerprint density at radius 1 is 0.492 bits per heavy atom. The smallest absolute Gasteiger partial charge is 0.457 e. The Morgan fingerprint density at radius 2 is 0.869 bits per heavy atom. The Balaban J connectivity index is 3.95. The van der Waals surface area contributed by atoms with Gasteiger partial charge in [0.05, 0.1) is 19.8 Å². The number of carbonyl (C=O) groups excluding carboxylic acids is 1. The largest absolute Gasteiger partial charge is 0.472 e. The van der Waals surface area contributed by atoms with Crippen LogP contribution in [0.2, 0.25) is 0 Å². The number of phosphoric acid groups is 1. The van der Waals surface area contributed by atoms with Crippen LogP contribution in [0.25, 0.3) is 0 Å². The normalized spacial score (nSPS) is 13.7. The zero-order valence-electron chi connectivity index (χ0n) is 39.9. The first kappa shape index (κ1) is 59.5. The summed E-state index contributed by atoms with van der Waals surface area (Å²) in [6.45, 7) is 4.91. The zero-order chi connectivity index (χ0) is 44.4. The molecule has 0 aliphatic carbocycles. The standard InChI is InChI=1S/C52H98NO7P/c1-3-5-7-9-11-13-15-17-19-21-23-24-25-26-27-29-31-33-35-37-39-41-43-45-52(54)60-51(50-59-61(55,56)58-48-46-53)49-57-47-44-42-40-38-36-34-32-30-28-22-20-18-16-14-12-10-8-6-4-2/h14-17,20-23,51H,3-13,18-19,24-50,53H2,1-2H3,(H,55,56)/b16-14-,17-15-,22-20-,23-21-. The molecule has 8 nitrogen and oxygen atoms in total. The van der Waals surface area contributed by atoms with Crippen molar-refractivity contribution < 1.29 is 32.8 Å². The highest BCUT2D eigenvalue weighted by Crippen LogP contribution is 2.43. The molecule has 0 aromatic rings. The van der Waals surface area contributed by atoms with Crippen LogP contribution in [0.4, 0.5) is 0 Å². The van der Waals surface area contributed by atoms with Crippen LogP contribution in [0.3, 0.4) is 0 Å². The van der Waals surface area contributed by atoms with E-state index >= 15 is 0 Å². The minimum atomic E-state index is -4.29. The number of allylic oxidation sites excluding steroid dienone is 8. The van der Waals surface area contributed by atoms with Gasteiger partial charge in [0.2, 0.25) is 0 Å². The summed E-state index contributed by atoms with van der Waals surface area (Å²) in [7, 11) is -4.29. The van der Waals surface area contributed by atoms with Crippen molar-refractivity contribution in [2.45, 2.75) is 245 Å². The van der Waals surface area contributed by atoms with E-state index in [1.165, 1.54) is 173 Å². The lowest BCUT2D eigenvalue weighted by Crippen LogP contribution is -2.28. The maximum atomic E-state index is 12.7. The third-order valence-electron chi connectivity index (χ3n) is 11.0. The van der Waals surface area contributed by atoms with E-state index in [1.54, 1.807) is 0 Å². The fourth-order valence-electron chi connectivity index (χ4n) is 7.18. The Labute approximate surface area is 377 Å². The van der Waals surface area contributed by atoms with Crippen molar-refractivity contribution in [3.8, 4) is 0 Å². The molecule has 0 saturated heterocycles. The molecule has 2 unspecified atom stereocenters. The molecule has 0 aliphatic rings. The first-order chi connectivity index (χ1) is 29.9. The molecule has 3 N–H and O–H groups in total. The maximum absolute atomic E-state index is 12.7. The van der Waals surface area contributed by atoms with Crippen molar-refractivity contribution in [2.24, 2.45) is 5.73 Å². The number of ether oxygens (including phenoxy) is 2. The lowest BCUT2D eigenvalue weighted by Gasteiger charge is -2.20. The highest BCUT2D eigenvalue weighted by Gasteiger charge is 2.25. The summed E-state index contributed by atoms with van der Waals surface area (Å²) in [5.74, 6) is -0.333. The molecule has 0 aromatic heterocycles. The van der Waals surface area contributed by atoms with E-state index in [1.807, 2.05) is 0 Å². The van der Waals surface area contributed by atoms with Gasteiger partial charge in [0, 0.05) is 19.6 Å². The molecule has 358 valence electrons. The summed E-state index contributed by atoms with van der Waals surface area (Å²) >= 11 is 0. The van der Waals surface area contributed by atoms with Gasteiger partial charge in [-0.15, -0.1) is 0 Å². The topological polar surface area (TPSA) is 117 Å². The first-order valence-electron chi connectivity index (χ1n) is 25.6.